The zero-order chi connectivity index (χ0) is 13.2. The molecule has 0 aliphatic rings. The Morgan fingerprint density at radius 1 is 1.21 bits per heavy atom. The molecule has 2 heterocycles. The Morgan fingerprint density at radius 3 is 2.84 bits per heavy atom. The standard InChI is InChI=1S/C15H15N3S/c1-10-6-7-12(9-16)15(17-10)19-14-8-11-4-2-3-5-13(11)18-14/h2-8,18H,9,16H2,1H3. The summed E-state index contributed by atoms with van der Waals surface area (Å²) in [4.78, 5) is 7.97. The second-order valence-electron chi connectivity index (χ2n) is 4.44. The van der Waals surface area contributed by atoms with Gasteiger partial charge in [0.1, 0.15) is 5.03 Å². The number of fused-ring (bicyclic) bond motifs is 1. The molecular weight excluding hydrogens is 254 g/mol. The van der Waals surface area contributed by atoms with E-state index in [4.69, 9.17) is 5.73 Å². The fourth-order valence-electron chi connectivity index (χ4n) is 2.01. The average Bonchev–Trinajstić information content (AvgIpc) is 2.81. The molecule has 0 saturated carbocycles. The highest BCUT2D eigenvalue weighted by molar-refractivity contribution is 7.99. The van der Waals surface area contributed by atoms with Gasteiger partial charge in [-0.3, -0.25) is 0 Å². The Balaban J connectivity index is 1.98. The van der Waals surface area contributed by atoms with E-state index in [1.54, 1.807) is 11.8 Å². The number of aromatic amines is 1. The Labute approximate surface area is 116 Å². The van der Waals surface area contributed by atoms with Gasteiger partial charge in [0.15, 0.2) is 0 Å². The van der Waals surface area contributed by atoms with Gasteiger partial charge in [-0.05, 0) is 30.7 Å². The van der Waals surface area contributed by atoms with Crippen molar-refractivity contribution in [2.24, 2.45) is 5.73 Å². The molecule has 1 aromatic carbocycles. The van der Waals surface area contributed by atoms with E-state index >= 15 is 0 Å². The van der Waals surface area contributed by atoms with Crippen LogP contribution in [0.1, 0.15) is 11.3 Å². The third-order valence-electron chi connectivity index (χ3n) is 3.01. The van der Waals surface area contributed by atoms with Crippen molar-refractivity contribution in [2.75, 3.05) is 0 Å². The fourth-order valence-corrected chi connectivity index (χ4v) is 3.04. The van der Waals surface area contributed by atoms with E-state index in [1.807, 2.05) is 31.2 Å². The number of hydrogen-bond acceptors (Lipinski definition) is 3. The lowest BCUT2D eigenvalue weighted by Crippen LogP contribution is -2.00. The molecule has 2 aromatic heterocycles. The van der Waals surface area contributed by atoms with Crippen molar-refractivity contribution in [3.8, 4) is 0 Å². The molecular formula is C15H15N3S. The molecule has 3 rings (SSSR count). The Morgan fingerprint density at radius 2 is 2.05 bits per heavy atom. The highest BCUT2D eigenvalue weighted by Gasteiger charge is 2.08. The molecule has 0 spiro atoms. The van der Waals surface area contributed by atoms with Crippen molar-refractivity contribution in [3.05, 3.63) is 53.7 Å². The molecule has 4 heteroatoms. The highest BCUT2D eigenvalue weighted by Crippen LogP contribution is 2.30. The number of para-hydroxylation sites is 1. The zero-order valence-corrected chi connectivity index (χ0v) is 11.5. The highest BCUT2D eigenvalue weighted by atomic mass is 32.2. The first kappa shape index (κ1) is 12.3. The minimum Gasteiger partial charge on any atom is -0.349 e. The Kier molecular flexibility index (Phi) is 3.27. The number of aromatic nitrogens is 2. The van der Waals surface area contributed by atoms with E-state index in [9.17, 15) is 0 Å². The van der Waals surface area contributed by atoms with Gasteiger partial charge in [0.25, 0.3) is 0 Å². The Hall–Kier alpha value is -1.78. The van der Waals surface area contributed by atoms with Crippen LogP contribution in [0.2, 0.25) is 0 Å². The summed E-state index contributed by atoms with van der Waals surface area (Å²) in [5, 5.41) is 3.29. The van der Waals surface area contributed by atoms with E-state index in [2.05, 4.69) is 28.2 Å². The number of pyridine rings is 1. The summed E-state index contributed by atoms with van der Waals surface area (Å²) < 4.78 is 0. The van der Waals surface area contributed by atoms with Crippen LogP contribution in [-0.4, -0.2) is 9.97 Å². The van der Waals surface area contributed by atoms with Crippen LogP contribution in [0.25, 0.3) is 10.9 Å². The van der Waals surface area contributed by atoms with Crippen LogP contribution in [0.15, 0.2) is 52.5 Å². The molecule has 3 aromatic rings. The summed E-state index contributed by atoms with van der Waals surface area (Å²) in [5.74, 6) is 0. The molecule has 0 bridgehead atoms. The number of aryl methyl sites for hydroxylation is 1. The van der Waals surface area contributed by atoms with Crippen LogP contribution in [-0.2, 0) is 6.54 Å². The van der Waals surface area contributed by atoms with Crippen LogP contribution < -0.4 is 5.73 Å². The van der Waals surface area contributed by atoms with Crippen molar-refractivity contribution in [1.82, 2.24) is 9.97 Å². The molecule has 96 valence electrons. The van der Waals surface area contributed by atoms with E-state index in [1.165, 1.54) is 5.39 Å². The quantitative estimate of drug-likeness (QED) is 0.765. The molecule has 0 amide bonds. The normalized spacial score (nSPS) is 11.1. The molecule has 19 heavy (non-hydrogen) atoms. The third kappa shape index (κ3) is 2.50. The van der Waals surface area contributed by atoms with Gasteiger partial charge in [-0.2, -0.15) is 0 Å². The largest absolute Gasteiger partial charge is 0.349 e. The number of hydrogen-bond donors (Lipinski definition) is 2. The Bertz CT molecular complexity index is 685. The lowest BCUT2D eigenvalue weighted by molar-refractivity contribution is 0.940. The zero-order valence-electron chi connectivity index (χ0n) is 10.7. The van der Waals surface area contributed by atoms with Gasteiger partial charge in [0, 0.05) is 23.1 Å². The van der Waals surface area contributed by atoms with Crippen molar-refractivity contribution >= 4 is 22.7 Å². The second-order valence-corrected chi connectivity index (χ2v) is 5.47. The number of benzene rings is 1. The molecule has 0 radical (unpaired) electrons. The fraction of sp³-hybridized carbons (Fsp3) is 0.133. The van der Waals surface area contributed by atoms with Crippen molar-refractivity contribution < 1.29 is 0 Å². The van der Waals surface area contributed by atoms with E-state index in [0.717, 1.165) is 26.8 Å². The lowest BCUT2D eigenvalue weighted by atomic mass is 10.2. The summed E-state index contributed by atoms with van der Waals surface area (Å²) in [7, 11) is 0. The van der Waals surface area contributed by atoms with Gasteiger partial charge in [-0.25, -0.2) is 4.98 Å². The number of nitrogens with one attached hydrogen (secondary N) is 1. The van der Waals surface area contributed by atoms with E-state index in [0.29, 0.717) is 6.54 Å². The number of nitrogens with two attached hydrogens (primary N) is 1. The van der Waals surface area contributed by atoms with Crippen LogP contribution in [0, 0.1) is 6.92 Å². The number of rotatable bonds is 3. The summed E-state index contributed by atoms with van der Waals surface area (Å²) in [6.45, 7) is 2.51. The monoisotopic (exact) mass is 269 g/mol. The maximum Gasteiger partial charge on any atom is 0.107 e. The van der Waals surface area contributed by atoms with E-state index < -0.39 is 0 Å². The van der Waals surface area contributed by atoms with Crippen LogP contribution in [0.3, 0.4) is 0 Å². The first-order valence-electron chi connectivity index (χ1n) is 6.18. The molecule has 0 aliphatic heterocycles. The SMILES string of the molecule is Cc1ccc(CN)c(Sc2cc3ccccc3[nH]2)n1. The minimum atomic E-state index is 0.510. The summed E-state index contributed by atoms with van der Waals surface area (Å²) in [5.41, 5.74) is 9.00. The minimum absolute atomic E-state index is 0.510. The maximum absolute atomic E-state index is 5.77. The number of H-pyrrole nitrogens is 1. The van der Waals surface area contributed by atoms with Gasteiger partial charge < -0.3 is 10.7 Å². The molecule has 3 nitrogen and oxygen atoms in total. The van der Waals surface area contributed by atoms with Gasteiger partial charge in [0.2, 0.25) is 0 Å². The molecule has 0 aliphatic carbocycles. The topological polar surface area (TPSA) is 54.7 Å². The van der Waals surface area contributed by atoms with Crippen molar-refractivity contribution in [3.63, 3.8) is 0 Å². The number of nitrogens with zero attached hydrogens (tertiary/aromatic N) is 1. The molecule has 0 atom stereocenters. The van der Waals surface area contributed by atoms with E-state index in [-0.39, 0.29) is 0 Å². The first-order valence-corrected chi connectivity index (χ1v) is 7.00. The average molecular weight is 269 g/mol. The third-order valence-corrected chi connectivity index (χ3v) is 4.00. The van der Waals surface area contributed by atoms with Crippen molar-refractivity contribution in [1.29, 1.82) is 0 Å². The van der Waals surface area contributed by atoms with Crippen LogP contribution in [0.4, 0.5) is 0 Å². The predicted octanol–water partition coefficient (Wildman–Crippen LogP) is 3.48. The predicted molar refractivity (Wildman–Crippen MR) is 79.3 cm³/mol. The summed E-state index contributed by atoms with van der Waals surface area (Å²) >= 11 is 1.63. The second kappa shape index (κ2) is 5.07. The van der Waals surface area contributed by atoms with Gasteiger partial charge >= 0.3 is 0 Å². The maximum atomic E-state index is 5.77. The van der Waals surface area contributed by atoms with Gasteiger partial charge in [-0.15, -0.1) is 0 Å². The van der Waals surface area contributed by atoms with Crippen LogP contribution in [0.5, 0.6) is 0 Å². The molecule has 0 fully saturated rings. The summed E-state index contributed by atoms with van der Waals surface area (Å²) in [6.07, 6.45) is 0. The van der Waals surface area contributed by atoms with Crippen LogP contribution >= 0.6 is 11.8 Å². The molecule has 0 unspecified atom stereocenters. The molecule has 3 N–H and O–H groups in total. The van der Waals surface area contributed by atoms with Gasteiger partial charge in [0.05, 0.1) is 5.03 Å². The first-order chi connectivity index (χ1) is 9.26. The smallest absolute Gasteiger partial charge is 0.107 e. The summed E-state index contributed by atoms with van der Waals surface area (Å²) in [6, 6.07) is 14.4. The van der Waals surface area contributed by atoms with Gasteiger partial charge in [-0.1, -0.05) is 36.0 Å². The lowest BCUT2D eigenvalue weighted by Gasteiger charge is -2.06. The molecule has 0 saturated heterocycles. The van der Waals surface area contributed by atoms with Crippen molar-refractivity contribution in [2.45, 2.75) is 23.5 Å².